The quantitative estimate of drug-likeness (QED) is 0.830. The normalized spacial score (nSPS) is 45.8. The largest absolute Gasteiger partial charge is 0.393 e. The summed E-state index contributed by atoms with van der Waals surface area (Å²) in [7, 11) is 0. The first-order valence-corrected chi connectivity index (χ1v) is 8.84. The minimum atomic E-state index is -0.0291. The summed E-state index contributed by atoms with van der Waals surface area (Å²) >= 11 is 0. The summed E-state index contributed by atoms with van der Waals surface area (Å²) in [5.41, 5.74) is 0. The first kappa shape index (κ1) is 14.8. The van der Waals surface area contributed by atoms with Gasteiger partial charge >= 0.3 is 0 Å². The van der Waals surface area contributed by atoms with Crippen molar-refractivity contribution in [3.05, 3.63) is 0 Å². The van der Waals surface area contributed by atoms with Crippen molar-refractivity contribution >= 4 is 0 Å². The standard InChI is InChI=1S/C17H32N2O/c1-3-18-17-7-4-12(2)8-13(17)11-19-14-5-6-15(19)10-16(20)9-14/h12-18,20H,3-11H2,1-2H3. The Hall–Kier alpha value is -0.120. The highest BCUT2D eigenvalue weighted by Crippen LogP contribution is 2.38. The molecule has 5 unspecified atom stereocenters. The van der Waals surface area contributed by atoms with Crippen LogP contribution in [0.4, 0.5) is 0 Å². The molecule has 3 fully saturated rings. The molecule has 116 valence electrons. The molecule has 2 saturated heterocycles. The van der Waals surface area contributed by atoms with Crippen LogP contribution in [-0.2, 0) is 0 Å². The number of fused-ring (bicyclic) bond motifs is 2. The SMILES string of the molecule is CCNC1CCC(C)CC1CN1C2CCC1CC(O)C2. The van der Waals surface area contributed by atoms with Gasteiger partial charge in [-0.25, -0.2) is 0 Å². The molecule has 2 N–H and O–H groups in total. The molecule has 2 bridgehead atoms. The fraction of sp³-hybridized carbons (Fsp3) is 1.00. The number of nitrogens with zero attached hydrogens (tertiary/aromatic N) is 1. The molecule has 3 nitrogen and oxygen atoms in total. The van der Waals surface area contributed by atoms with E-state index in [9.17, 15) is 5.11 Å². The maximum Gasteiger partial charge on any atom is 0.0570 e. The second-order valence-corrected chi connectivity index (χ2v) is 7.55. The first-order chi connectivity index (χ1) is 9.67. The first-order valence-electron chi connectivity index (χ1n) is 8.84. The highest BCUT2D eigenvalue weighted by molar-refractivity contribution is 4.97. The maximum absolute atomic E-state index is 9.95. The predicted octanol–water partition coefficient (Wildman–Crippen LogP) is 2.39. The molecule has 5 atom stereocenters. The molecule has 3 rings (SSSR count). The molecule has 0 aromatic heterocycles. The zero-order chi connectivity index (χ0) is 14.1. The molecule has 20 heavy (non-hydrogen) atoms. The second kappa shape index (κ2) is 6.33. The number of hydrogen-bond donors (Lipinski definition) is 2. The number of rotatable bonds is 4. The lowest BCUT2D eigenvalue weighted by Crippen LogP contribution is -2.51. The lowest BCUT2D eigenvalue weighted by atomic mass is 9.78. The van der Waals surface area contributed by atoms with Crippen molar-refractivity contribution < 1.29 is 5.11 Å². The number of nitrogens with one attached hydrogen (secondary N) is 1. The average Bonchev–Trinajstić information content (AvgIpc) is 2.65. The molecule has 3 aliphatic rings. The molecular weight excluding hydrogens is 248 g/mol. The Balaban J connectivity index is 1.63. The molecule has 0 radical (unpaired) electrons. The third kappa shape index (κ3) is 3.05. The van der Waals surface area contributed by atoms with Gasteiger partial charge in [0.15, 0.2) is 0 Å². The summed E-state index contributed by atoms with van der Waals surface area (Å²) in [5, 5.41) is 13.7. The van der Waals surface area contributed by atoms with Crippen molar-refractivity contribution in [1.29, 1.82) is 0 Å². The Morgan fingerprint density at radius 1 is 1.05 bits per heavy atom. The Morgan fingerprint density at radius 3 is 2.40 bits per heavy atom. The topological polar surface area (TPSA) is 35.5 Å². The van der Waals surface area contributed by atoms with E-state index < -0.39 is 0 Å². The van der Waals surface area contributed by atoms with Gasteiger partial charge in [-0.15, -0.1) is 0 Å². The van der Waals surface area contributed by atoms with Crippen LogP contribution in [0.3, 0.4) is 0 Å². The molecular formula is C17H32N2O. The van der Waals surface area contributed by atoms with Gasteiger partial charge in [-0.1, -0.05) is 13.8 Å². The maximum atomic E-state index is 9.95. The number of aliphatic hydroxyl groups is 1. The van der Waals surface area contributed by atoms with E-state index in [1.54, 1.807) is 0 Å². The summed E-state index contributed by atoms with van der Waals surface area (Å²) in [4.78, 5) is 2.76. The van der Waals surface area contributed by atoms with E-state index in [2.05, 4.69) is 24.1 Å². The Labute approximate surface area is 124 Å². The van der Waals surface area contributed by atoms with Crippen molar-refractivity contribution in [1.82, 2.24) is 10.2 Å². The Kier molecular flexibility index (Phi) is 4.68. The van der Waals surface area contributed by atoms with Gasteiger partial charge in [-0.05, 0) is 63.3 Å². The van der Waals surface area contributed by atoms with Crippen LogP contribution in [-0.4, -0.2) is 47.3 Å². The molecule has 1 saturated carbocycles. The Bertz CT molecular complexity index is 308. The molecule has 0 amide bonds. The van der Waals surface area contributed by atoms with Crippen molar-refractivity contribution in [2.24, 2.45) is 11.8 Å². The molecule has 0 aromatic rings. The van der Waals surface area contributed by atoms with Gasteiger partial charge in [0.25, 0.3) is 0 Å². The molecule has 2 heterocycles. The summed E-state index contributed by atoms with van der Waals surface area (Å²) in [6.07, 6.45) is 8.76. The average molecular weight is 280 g/mol. The number of piperidine rings is 1. The van der Waals surface area contributed by atoms with Gasteiger partial charge in [-0.2, -0.15) is 0 Å². The van der Waals surface area contributed by atoms with Gasteiger partial charge in [0, 0.05) is 24.7 Å². The minimum absolute atomic E-state index is 0.0291. The van der Waals surface area contributed by atoms with Gasteiger partial charge in [0.2, 0.25) is 0 Å². The summed E-state index contributed by atoms with van der Waals surface area (Å²) in [6, 6.07) is 2.06. The molecule has 3 heteroatoms. The zero-order valence-electron chi connectivity index (χ0n) is 13.2. The third-order valence-corrected chi connectivity index (χ3v) is 6.02. The lowest BCUT2D eigenvalue weighted by Gasteiger charge is -2.43. The van der Waals surface area contributed by atoms with E-state index in [1.165, 1.54) is 38.6 Å². The van der Waals surface area contributed by atoms with Crippen LogP contribution in [0.2, 0.25) is 0 Å². The van der Waals surface area contributed by atoms with Gasteiger partial charge < -0.3 is 10.4 Å². The fourth-order valence-electron chi connectivity index (χ4n) is 5.05. The number of aliphatic hydroxyl groups excluding tert-OH is 1. The van der Waals surface area contributed by atoms with Crippen LogP contribution in [0.25, 0.3) is 0 Å². The molecule has 0 spiro atoms. The van der Waals surface area contributed by atoms with Crippen LogP contribution < -0.4 is 5.32 Å². The minimum Gasteiger partial charge on any atom is -0.393 e. The summed E-state index contributed by atoms with van der Waals surface area (Å²) < 4.78 is 0. The predicted molar refractivity (Wildman–Crippen MR) is 82.7 cm³/mol. The second-order valence-electron chi connectivity index (χ2n) is 7.55. The van der Waals surface area contributed by atoms with Crippen LogP contribution in [0.5, 0.6) is 0 Å². The zero-order valence-corrected chi connectivity index (χ0v) is 13.2. The summed E-state index contributed by atoms with van der Waals surface area (Å²) in [6.45, 7) is 7.02. The van der Waals surface area contributed by atoms with E-state index in [-0.39, 0.29) is 6.10 Å². The molecule has 2 aliphatic heterocycles. The fourth-order valence-corrected chi connectivity index (χ4v) is 5.05. The smallest absolute Gasteiger partial charge is 0.0570 e. The third-order valence-electron chi connectivity index (χ3n) is 6.02. The van der Waals surface area contributed by atoms with E-state index in [0.29, 0.717) is 12.1 Å². The Morgan fingerprint density at radius 2 is 1.75 bits per heavy atom. The van der Waals surface area contributed by atoms with Crippen LogP contribution >= 0.6 is 0 Å². The van der Waals surface area contributed by atoms with Crippen LogP contribution in [0.1, 0.15) is 58.8 Å². The van der Waals surface area contributed by atoms with Crippen molar-refractivity contribution in [2.75, 3.05) is 13.1 Å². The summed E-state index contributed by atoms with van der Waals surface area (Å²) in [5.74, 6) is 1.71. The lowest BCUT2D eigenvalue weighted by molar-refractivity contribution is 0.0168. The van der Waals surface area contributed by atoms with Crippen LogP contribution in [0.15, 0.2) is 0 Å². The highest BCUT2D eigenvalue weighted by Gasteiger charge is 2.42. The van der Waals surface area contributed by atoms with Crippen LogP contribution in [0, 0.1) is 11.8 Å². The van der Waals surface area contributed by atoms with Crippen molar-refractivity contribution in [2.45, 2.75) is 83.0 Å². The van der Waals surface area contributed by atoms with Gasteiger partial charge in [0.1, 0.15) is 0 Å². The van der Waals surface area contributed by atoms with E-state index in [4.69, 9.17) is 0 Å². The van der Waals surface area contributed by atoms with E-state index in [1.807, 2.05) is 0 Å². The van der Waals surface area contributed by atoms with Gasteiger partial charge in [-0.3, -0.25) is 4.90 Å². The van der Waals surface area contributed by atoms with Gasteiger partial charge in [0.05, 0.1) is 6.10 Å². The van der Waals surface area contributed by atoms with Crippen molar-refractivity contribution in [3.63, 3.8) is 0 Å². The number of hydrogen-bond acceptors (Lipinski definition) is 3. The molecule has 1 aliphatic carbocycles. The van der Waals surface area contributed by atoms with E-state index in [0.717, 1.165) is 37.3 Å². The van der Waals surface area contributed by atoms with Crippen molar-refractivity contribution in [3.8, 4) is 0 Å². The molecule has 0 aromatic carbocycles. The monoisotopic (exact) mass is 280 g/mol. The van der Waals surface area contributed by atoms with E-state index >= 15 is 0 Å². The highest BCUT2D eigenvalue weighted by atomic mass is 16.3.